The van der Waals surface area contributed by atoms with E-state index in [2.05, 4.69) is 0 Å². The Labute approximate surface area is 150 Å². The summed E-state index contributed by atoms with van der Waals surface area (Å²) in [5.74, 6) is 0.106. The third-order valence-corrected chi connectivity index (χ3v) is 5.80. The van der Waals surface area contributed by atoms with Crippen LogP contribution in [0.15, 0.2) is 41.8 Å². The molecule has 25 heavy (non-hydrogen) atoms. The van der Waals surface area contributed by atoms with E-state index in [1.165, 1.54) is 0 Å². The molecule has 1 atom stereocenters. The molecule has 130 valence electrons. The number of hydrogen-bond donors (Lipinski definition) is 0. The highest BCUT2D eigenvalue weighted by molar-refractivity contribution is 7.10. The Morgan fingerprint density at radius 3 is 2.68 bits per heavy atom. The van der Waals surface area contributed by atoms with E-state index in [1.807, 2.05) is 51.6 Å². The number of nitrogens with zero attached hydrogens (tertiary/aromatic N) is 2. The molecular weight excluding hydrogens is 336 g/mol. The number of carbonyl (C=O) groups excluding carboxylic acids is 2. The minimum absolute atomic E-state index is 0.0174. The molecule has 2 amide bonds. The maximum atomic E-state index is 12.9. The van der Waals surface area contributed by atoms with Crippen LogP contribution in [-0.4, -0.2) is 47.9 Å². The van der Waals surface area contributed by atoms with Gasteiger partial charge in [0.15, 0.2) is 0 Å². The van der Waals surface area contributed by atoms with Crippen LogP contribution >= 0.6 is 11.3 Å². The fourth-order valence-electron chi connectivity index (χ4n) is 3.48. The maximum Gasteiger partial charge on any atom is 0.255 e. The highest BCUT2D eigenvalue weighted by Gasteiger charge is 2.35. The lowest BCUT2D eigenvalue weighted by molar-refractivity contribution is -0.136. The Bertz CT molecular complexity index is 769. The summed E-state index contributed by atoms with van der Waals surface area (Å²) in [6.07, 6.45) is 0.320. The van der Waals surface area contributed by atoms with Crippen LogP contribution in [0.2, 0.25) is 0 Å². The summed E-state index contributed by atoms with van der Waals surface area (Å²) in [7, 11) is 0. The summed E-state index contributed by atoms with van der Waals surface area (Å²) >= 11 is 1.60. The molecule has 0 aliphatic carbocycles. The summed E-state index contributed by atoms with van der Waals surface area (Å²) in [6.45, 7) is 3.00. The van der Waals surface area contributed by atoms with Gasteiger partial charge in [0.25, 0.3) is 5.91 Å². The quantitative estimate of drug-likeness (QED) is 0.846. The standard InChI is InChI=1S/C19H20N2O3S/c22-18(20-7-9-24-10-8-20)12-16(17-6-3-11-25-17)21-13-14-4-1-2-5-15(14)19(21)23/h1-6,11,16H,7-10,12-13H2/t16-/m0/s1. The summed E-state index contributed by atoms with van der Waals surface area (Å²) in [6, 6.07) is 11.5. The molecule has 1 aromatic carbocycles. The summed E-state index contributed by atoms with van der Waals surface area (Å²) in [5, 5.41) is 2.00. The molecule has 5 nitrogen and oxygen atoms in total. The van der Waals surface area contributed by atoms with Crippen LogP contribution in [0.1, 0.15) is 33.3 Å². The van der Waals surface area contributed by atoms with Gasteiger partial charge in [0.1, 0.15) is 0 Å². The first-order chi connectivity index (χ1) is 12.2. The van der Waals surface area contributed by atoms with Crippen molar-refractivity contribution in [3.05, 3.63) is 57.8 Å². The van der Waals surface area contributed by atoms with Gasteiger partial charge in [-0.2, -0.15) is 0 Å². The Kier molecular flexibility index (Phi) is 4.55. The van der Waals surface area contributed by atoms with Crippen molar-refractivity contribution in [3.8, 4) is 0 Å². The first kappa shape index (κ1) is 16.3. The number of fused-ring (bicyclic) bond motifs is 1. The lowest BCUT2D eigenvalue weighted by Gasteiger charge is -2.31. The van der Waals surface area contributed by atoms with Crippen molar-refractivity contribution in [2.24, 2.45) is 0 Å². The number of thiophene rings is 1. The zero-order valence-corrected chi connectivity index (χ0v) is 14.7. The van der Waals surface area contributed by atoms with Gasteiger partial charge < -0.3 is 14.5 Å². The monoisotopic (exact) mass is 356 g/mol. The van der Waals surface area contributed by atoms with E-state index >= 15 is 0 Å². The molecule has 0 saturated carbocycles. The predicted molar refractivity (Wildman–Crippen MR) is 95.4 cm³/mol. The zero-order valence-electron chi connectivity index (χ0n) is 13.9. The van der Waals surface area contributed by atoms with E-state index in [0.29, 0.717) is 39.3 Å². The predicted octanol–water partition coefficient (Wildman–Crippen LogP) is 2.69. The average molecular weight is 356 g/mol. The third kappa shape index (κ3) is 3.19. The second-order valence-corrected chi connectivity index (χ2v) is 7.30. The SMILES string of the molecule is O=C(C[C@@H](c1cccs1)N1Cc2ccccc2C1=O)N1CCOCC1. The molecule has 2 aromatic rings. The van der Waals surface area contributed by atoms with Crippen LogP contribution in [0.3, 0.4) is 0 Å². The van der Waals surface area contributed by atoms with Crippen LogP contribution in [0.4, 0.5) is 0 Å². The Morgan fingerprint density at radius 1 is 1.16 bits per heavy atom. The molecular formula is C19H20N2O3S. The maximum absolute atomic E-state index is 12.9. The van der Waals surface area contributed by atoms with E-state index in [1.54, 1.807) is 11.3 Å². The Morgan fingerprint density at radius 2 is 1.96 bits per heavy atom. The highest BCUT2D eigenvalue weighted by Crippen LogP contribution is 2.35. The van der Waals surface area contributed by atoms with Gasteiger partial charge in [-0.3, -0.25) is 9.59 Å². The molecule has 0 bridgehead atoms. The van der Waals surface area contributed by atoms with E-state index in [9.17, 15) is 9.59 Å². The summed E-state index contributed by atoms with van der Waals surface area (Å²) in [4.78, 5) is 30.4. The van der Waals surface area contributed by atoms with Crippen LogP contribution < -0.4 is 0 Å². The van der Waals surface area contributed by atoms with E-state index in [-0.39, 0.29) is 17.9 Å². The van der Waals surface area contributed by atoms with Gasteiger partial charge in [-0.05, 0) is 23.1 Å². The Hall–Kier alpha value is -2.18. The zero-order chi connectivity index (χ0) is 17.2. The Balaban J connectivity index is 1.58. The number of hydrogen-bond acceptors (Lipinski definition) is 4. The van der Waals surface area contributed by atoms with Crippen molar-refractivity contribution < 1.29 is 14.3 Å². The van der Waals surface area contributed by atoms with Crippen molar-refractivity contribution in [1.29, 1.82) is 0 Å². The van der Waals surface area contributed by atoms with Crippen LogP contribution in [0.5, 0.6) is 0 Å². The molecule has 1 aromatic heterocycles. The second kappa shape index (κ2) is 6.98. The molecule has 1 fully saturated rings. The number of amides is 2. The molecule has 6 heteroatoms. The highest BCUT2D eigenvalue weighted by atomic mass is 32.1. The van der Waals surface area contributed by atoms with Gasteiger partial charge in [-0.25, -0.2) is 0 Å². The lowest BCUT2D eigenvalue weighted by Crippen LogP contribution is -2.42. The second-order valence-electron chi connectivity index (χ2n) is 6.32. The fourth-order valence-corrected chi connectivity index (χ4v) is 4.32. The number of ether oxygens (including phenoxy) is 1. The van der Waals surface area contributed by atoms with E-state index < -0.39 is 0 Å². The molecule has 2 aliphatic heterocycles. The van der Waals surface area contributed by atoms with E-state index in [4.69, 9.17) is 4.74 Å². The van der Waals surface area contributed by atoms with Crippen LogP contribution in [0, 0.1) is 0 Å². The molecule has 0 spiro atoms. The smallest absolute Gasteiger partial charge is 0.255 e. The van der Waals surface area contributed by atoms with Gasteiger partial charge >= 0.3 is 0 Å². The van der Waals surface area contributed by atoms with E-state index in [0.717, 1.165) is 16.0 Å². The first-order valence-corrected chi connectivity index (χ1v) is 9.40. The third-order valence-electron chi connectivity index (χ3n) is 4.83. The summed E-state index contributed by atoms with van der Waals surface area (Å²) in [5.41, 5.74) is 1.79. The minimum atomic E-state index is -0.213. The number of rotatable bonds is 4. The molecule has 2 aliphatic rings. The van der Waals surface area contributed by atoms with Crippen molar-refractivity contribution in [3.63, 3.8) is 0 Å². The molecule has 0 radical (unpaired) electrons. The van der Waals surface area contributed by atoms with Crippen LogP contribution in [-0.2, 0) is 16.1 Å². The number of benzene rings is 1. The average Bonchev–Trinajstić information content (AvgIpc) is 3.29. The van der Waals surface area contributed by atoms with Crippen LogP contribution in [0.25, 0.3) is 0 Å². The number of morpholine rings is 1. The number of carbonyl (C=O) groups is 2. The lowest BCUT2D eigenvalue weighted by atomic mass is 10.1. The summed E-state index contributed by atoms with van der Waals surface area (Å²) < 4.78 is 5.33. The normalized spacial score (nSPS) is 18.3. The first-order valence-electron chi connectivity index (χ1n) is 8.52. The van der Waals surface area contributed by atoms with Crippen molar-refractivity contribution in [1.82, 2.24) is 9.80 Å². The largest absolute Gasteiger partial charge is 0.378 e. The molecule has 1 saturated heterocycles. The van der Waals surface area contributed by atoms with Gasteiger partial charge in [0, 0.05) is 30.1 Å². The molecule has 3 heterocycles. The van der Waals surface area contributed by atoms with Crippen molar-refractivity contribution >= 4 is 23.2 Å². The van der Waals surface area contributed by atoms with Crippen molar-refractivity contribution in [2.75, 3.05) is 26.3 Å². The van der Waals surface area contributed by atoms with Gasteiger partial charge in [0.05, 0.1) is 25.7 Å². The molecule has 4 rings (SSSR count). The molecule has 0 unspecified atom stereocenters. The minimum Gasteiger partial charge on any atom is -0.378 e. The topological polar surface area (TPSA) is 49.9 Å². The fraction of sp³-hybridized carbons (Fsp3) is 0.368. The van der Waals surface area contributed by atoms with Gasteiger partial charge in [-0.15, -0.1) is 11.3 Å². The van der Waals surface area contributed by atoms with Gasteiger partial charge in [-0.1, -0.05) is 24.3 Å². The van der Waals surface area contributed by atoms with Gasteiger partial charge in [0.2, 0.25) is 5.91 Å². The van der Waals surface area contributed by atoms with Crippen molar-refractivity contribution in [2.45, 2.75) is 19.0 Å². The molecule has 0 N–H and O–H groups in total.